The number of allylic oxidation sites excluding steroid dienone is 2. The van der Waals surface area contributed by atoms with Gasteiger partial charge in [0, 0.05) is 6.42 Å². The topological polar surface area (TPSA) is 9.23 Å². The van der Waals surface area contributed by atoms with Crippen LogP contribution in [0.15, 0.2) is 11.8 Å². The third-order valence-corrected chi connectivity index (χ3v) is 1.68. The maximum absolute atomic E-state index is 5.55. The summed E-state index contributed by atoms with van der Waals surface area (Å²) in [7, 11) is -1.23. The fourth-order valence-corrected chi connectivity index (χ4v) is 1.47. The Labute approximate surface area is 51.5 Å². The van der Waals surface area contributed by atoms with Crippen LogP contribution >= 0.6 is 0 Å². The van der Waals surface area contributed by atoms with Crippen molar-refractivity contribution >= 4 is 8.32 Å². The molecule has 0 spiro atoms. The van der Waals surface area contributed by atoms with E-state index in [1.54, 1.807) is 0 Å². The van der Waals surface area contributed by atoms with E-state index in [-0.39, 0.29) is 0 Å². The highest BCUT2D eigenvalue weighted by Gasteiger charge is 2.20. The zero-order valence-corrected chi connectivity index (χ0v) is 6.69. The van der Waals surface area contributed by atoms with Gasteiger partial charge in [0.05, 0.1) is 5.76 Å². The average Bonchev–Trinajstić information content (AvgIpc) is 2.12. The molecule has 1 aliphatic rings. The van der Waals surface area contributed by atoms with Crippen LogP contribution in [-0.4, -0.2) is 8.32 Å². The predicted molar refractivity (Wildman–Crippen MR) is 37.1 cm³/mol. The first kappa shape index (κ1) is 5.89. The SMILES string of the molecule is C[Si](C)(C)OC1=CC1. The molecule has 2 heteroatoms. The van der Waals surface area contributed by atoms with Crippen molar-refractivity contribution in [1.82, 2.24) is 0 Å². The predicted octanol–water partition coefficient (Wildman–Crippen LogP) is 2.13. The van der Waals surface area contributed by atoms with Gasteiger partial charge in [0.15, 0.2) is 0 Å². The second-order valence-corrected chi connectivity index (χ2v) is 7.52. The molecule has 0 unspecified atom stereocenters. The molecule has 0 atom stereocenters. The van der Waals surface area contributed by atoms with E-state index >= 15 is 0 Å². The summed E-state index contributed by atoms with van der Waals surface area (Å²) in [6.45, 7) is 6.60. The molecular weight excluding hydrogens is 116 g/mol. The van der Waals surface area contributed by atoms with Gasteiger partial charge in [-0.2, -0.15) is 0 Å². The Morgan fingerprint density at radius 2 is 2.00 bits per heavy atom. The van der Waals surface area contributed by atoms with E-state index in [0.717, 1.165) is 6.42 Å². The van der Waals surface area contributed by atoms with Crippen LogP contribution in [0.3, 0.4) is 0 Å². The lowest BCUT2D eigenvalue weighted by molar-refractivity contribution is 0.445. The Hall–Kier alpha value is -0.243. The molecule has 0 aromatic heterocycles. The third-order valence-electron chi connectivity index (χ3n) is 0.808. The van der Waals surface area contributed by atoms with Gasteiger partial charge in [0.1, 0.15) is 0 Å². The Balaban J connectivity index is 2.27. The molecule has 46 valence electrons. The smallest absolute Gasteiger partial charge is 0.241 e. The molecule has 0 bridgehead atoms. The normalized spacial score (nSPS) is 17.6. The van der Waals surface area contributed by atoms with Crippen molar-refractivity contribution < 1.29 is 4.43 Å². The monoisotopic (exact) mass is 128 g/mol. The van der Waals surface area contributed by atoms with Gasteiger partial charge in [-0.15, -0.1) is 0 Å². The molecule has 0 amide bonds. The van der Waals surface area contributed by atoms with Crippen LogP contribution in [0.4, 0.5) is 0 Å². The van der Waals surface area contributed by atoms with Crippen molar-refractivity contribution in [3.63, 3.8) is 0 Å². The molecule has 1 rings (SSSR count). The zero-order valence-electron chi connectivity index (χ0n) is 5.69. The molecule has 0 fully saturated rings. The Morgan fingerprint density at radius 3 is 2.12 bits per heavy atom. The van der Waals surface area contributed by atoms with Gasteiger partial charge >= 0.3 is 0 Å². The van der Waals surface area contributed by atoms with E-state index in [1.807, 2.05) is 0 Å². The molecule has 8 heavy (non-hydrogen) atoms. The van der Waals surface area contributed by atoms with Crippen LogP contribution in [0.1, 0.15) is 6.42 Å². The van der Waals surface area contributed by atoms with Crippen molar-refractivity contribution in [3.8, 4) is 0 Å². The highest BCUT2D eigenvalue weighted by Crippen LogP contribution is 2.23. The third kappa shape index (κ3) is 2.16. The standard InChI is InChI=1S/C6H12OSi/c1-8(2,3)7-6-4-5-6/h4H,5H2,1-3H3. The van der Waals surface area contributed by atoms with Crippen molar-refractivity contribution in [2.45, 2.75) is 26.1 Å². The van der Waals surface area contributed by atoms with E-state index in [0.29, 0.717) is 0 Å². The van der Waals surface area contributed by atoms with Gasteiger partial charge in [0.25, 0.3) is 0 Å². The van der Waals surface area contributed by atoms with E-state index < -0.39 is 8.32 Å². The van der Waals surface area contributed by atoms with Gasteiger partial charge in [-0.1, -0.05) is 0 Å². The Kier molecular flexibility index (Phi) is 1.19. The number of hydrogen-bond donors (Lipinski definition) is 0. The summed E-state index contributed by atoms with van der Waals surface area (Å²) < 4.78 is 5.55. The molecule has 1 aliphatic carbocycles. The van der Waals surface area contributed by atoms with Crippen LogP contribution in [0.2, 0.25) is 19.6 Å². The molecule has 0 aromatic rings. The maximum atomic E-state index is 5.55. The van der Waals surface area contributed by atoms with Crippen LogP contribution in [-0.2, 0) is 4.43 Å². The van der Waals surface area contributed by atoms with Gasteiger partial charge < -0.3 is 4.43 Å². The van der Waals surface area contributed by atoms with Gasteiger partial charge in [-0.25, -0.2) is 0 Å². The van der Waals surface area contributed by atoms with Crippen molar-refractivity contribution in [3.05, 3.63) is 11.8 Å². The van der Waals surface area contributed by atoms with E-state index in [9.17, 15) is 0 Å². The summed E-state index contributed by atoms with van der Waals surface area (Å²) in [4.78, 5) is 0. The molecule has 1 nitrogen and oxygen atoms in total. The fraction of sp³-hybridized carbons (Fsp3) is 0.667. The number of hydrogen-bond acceptors (Lipinski definition) is 1. The van der Waals surface area contributed by atoms with Crippen molar-refractivity contribution in [1.29, 1.82) is 0 Å². The van der Waals surface area contributed by atoms with E-state index in [1.165, 1.54) is 5.76 Å². The van der Waals surface area contributed by atoms with Crippen molar-refractivity contribution in [2.24, 2.45) is 0 Å². The Morgan fingerprint density at radius 1 is 1.50 bits per heavy atom. The van der Waals surface area contributed by atoms with Gasteiger partial charge in [-0.05, 0) is 25.7 Å². The summed E-state index contributed by atoms with van der Waals surface area (Å²) in [5.41, 5.74) is 0. The molecule has 0 N–H and O–H groups in total. The Bertz CT molecular complexity index is 121. The molecule has 0 saturated heterocycles. The highest BCUT2D eigenvalue weighted by molar-refractivity contribution is 6.70. The lowest BCUT2D eigenvalue weighted by atomic mass is 10.9. The van der Waals surface area contributed by atoms with Gasteiger partial charge in [-0.3, -0.25) is 0 Å². The summed E-state index contributed by atoms with van der Waals surface area (Å²) >= 11 is 0. The van der Waals surface area contributed by atoms with Crippen LogP contribution in [0.25, 0.3) is 0 Å². The van der Waals surface area contributed by atoms with E-state index in [2.05, 4.69) is 25.7 Å². The number of rotatable bonds is 2. The molecule has 0 radical (unpaired) electrons. The fourth-order valence-electron chi connectivity index (χ4n) is 0.518. The van der Waals surface area contributed by atoms with E-state index in [4.69, 9.17) is 4.43 Å². The zero-order chi connectivity index (χ0) is 6.20. The molecule has 0 aliphatic heterocycles. The van der Waals surface area contributed by atoms with Crippen molar-refractivity contribution in [2.75, 3.05) is 0 Å². The average molecular weight is 128 g/mol. The lowest BCUT2D eigenvalue weighted by Gasteiger charge is -2.15. The van der Waals surface area contributed by atoms with Crippen LogP contribution < -0.4 is 0 Å². The first-order chi connectivity index (χ1) is 3.58. The first-order valence-corrected chi connectivity index (χ1v) is 6.37. The van der Waals surface area contributed by atoms with Gasteiger partial charge in [0.2, 0.25) is 8.32 Å². The summed E-state index contributed by atoms with van der Waals surface area (Å²) in [6.07, 6.45) is 3.22. The minimum absolute atomic E-state index is 1.10. The minimum atomic E-state index is -1.23. The first-order valence-electron chi connectivity index (χ1n) is 2.96. The molecular formula is C6H12OSi. The maximum Gasteiger partial charge on any atom is 0.241 e. The minimum Gasteiger partial charge on any atom is -0.547 e. The largest absolute Gasteiger partial charge is 0.547 e. The quantitative estimate of drug-likeness (QED) is 0.518. The molecule has 0 saturated carbocycles. The highest BCUT2D eigenvalue weighted by atomic mass is 28.4. The summed E-state index contributed by atoms with van der Waals surface area (Å²) in [6, 6.07) is 0. The molecule has 0 heterocycles. The van der Waals surface area contributed by atoms with Crippen LogP contribution in [0.5, 0.6) is 0 Å². The summed E-state index contributed by atoms with van der Waals surface area (Å²) in [5, 5.41) is 0. The second kappa shape index (κ2) is 1.62. The second-order valence-electron chi connectivity index (χ2n) is 3.09. The molecule has 0 aromatic carbocycles. The summed E-state index contributed by atoms with van der Waals surface area (Å²) in [5.74, 6) is 1.21. The lowest BCUT2D eigenvalue weighted by Crippen LogP contribution is -2.22. The van der Waals surface area contributed by atoms with Crippen LogP contribution in [0, 0.1) is 0 Å².